The molecular weight excluding hydrogens is 256 g/mol. The van der Waals surface area contributed by atoms with Crippen molar-refractivity contribution < 1.29 is 0 Å². The summed E-state index contributed by atoms with van der Waals surface area (Å²) in [6.07, 6.45) is 1.73. The van der Waals surface area contributed by atoms with E-state index in [1.807, 2.05) is 60.7 Å². The van der Waals surface area contributed by atoms with E-state index in [2.05, 4.69) is 9.98 Å². The van der Waals surface area contributed by atoms with Gasteiger partial charge in [0.2, 0.25) is 0 Å². The van der Waals surface area contributed by atoms with Gasteiger partial charge in [0.25, 0.3) is 0 Å². The Bertz CT molecular complexity index is 750. The Balaban J connectivity index is 1.95. The largest absolute Gasteiger partial charge is 0.253 e. The van der Waals surface area contributed by atoms with E-state index >= 15 is 0 Å². The number of fused-ring (bicyclic) bond motifs is 1. The molecule has 0 saturated carbocycles. The molecule has 0 amide bonds. The summed E-state index contributed by atoms with van der Waals surface area (Å²) >= 11 is 6.05. The minimum Gasteiger partial charge on any atom is -0.253 e. The third kappa shape index (κ3) is 2.64. The van der Waals surface area contributed by atoms with Crippen LogP contribution < -0.4 is 0 Å². The standard InChI is InChI=1S/C16H11ClN2/c17-14-6-2-4-8-16(14)18-11-13-10-9-12-5-1-3-7-15(12)19-13/h1-11H. The van der Waals surface area contributed by atoms with Crippen LogP contribution in [0.1, 0.15) is 5.69 Å². The van der Waals surface area contributed by atoms with Crippen LogP contribution in [0.15, 0.2) is 65.7 Å². The molecule has 19 heavy (non-hydrogen) atoms. The average Bonchev–Trinajstić information content (AvgIpc) is 2.46. The molecule has 3 aromatic rings. The van der Waals surface area contributed by atoms with Crippen LogP contribution in [0.25, 0.3) is 10.9 Å². The van der Waals surface area contributed by atoms with Crippen LogP contribution in [0, 0.1) is 0 Å². The summed E-state index contributed by atoms with van der Waals surface area (Å²) in [7, 11) is 0. The molecule has 0 aliphatic rings. The van der Waals surface area contributed by atoms with Gasteiger partial charge in [0.15, 0.2) is 0 Å². The van der Waals surface area contributed by atoms with Gasteiger partial charge in [-0.1, -0.05) is 48.0 Å². The fraction of sp³-hybridized carbons (Fsp3) is 0. The van der Waals surface area contributed by atoms with Crippen LogP contribution >= 0.6 is 11.6 Å². The summed E-state index contributed by atoms with van der Waals surface area (Å²) in [6.45, 7) is 0. The molecule has 0 bridgehead atoms. The Hall–Kier alpha value is -2.19. The fourth-order valence-electron chi connectivity index (χ4n) is 1.85. The molecule has 0 atom stereocenters. The number of halogens is 1. The van der Waals surface area contributed by atoms with Crippen LogP contribution in [-0.4, -0.2) is 11.2 Å². The molecule has 2 nitrogen and oxygen atoms in total. The average molecular weight is 267 g/mol. The van der Waals surface area contributed by atoms with Crippen molar-refractivity contribution in [2.24, 2.45) is 4.99 Å². The highest BCUT2D eigenvalue weighted by molar-refractivity contribution is 6.33. The summed E-state index contributed by atoms with van der Waals surface area (Å²) in [4.78, 5) is 8.89. The molecule has 0 fully saturated rings. The Labute approximate surface area is 116 Å². The number of aliphatic imine (C=N–C) groups is 1. The fourth-order valence-corrected chi connectivity index (χ4v) is 2.03. The second-order valence-corrected chi connectivity index (χ2v) is 4.55. The third-order valence-corrected chi connectivity index (χ3v) is 3.13. The number of pyridine rings is 1. The molecule has 0 aliphatic heterocycles. The van der Waals surface area contributed by atoms with E-state index in [-0.39, 0.29) is 0 Å². The first-order chi connectivity index (χ1) is 9.33. The smallest absolute Gasteiger partial charge is 0.0820 e. The zero-order valence-electron chi connectivity index (χ0n) is 10.1. The van der Waals surface area contributed by atoms with E-state index in [0.717, 1.165) is 22.3 Å². The molecule has 0 aliphatic carbocycles. The highest BCUT2D eigenvalue weighted by Crippen LogP contribution is 2.23. The topological polar surface area (TPSA) is 25.2 Å². The number of hydrogen-bond donors (Lipinski definition) is 0. The van der Waals surface area contributed by atoms with Crippen LogP contribution in [0.4, 0.5) is 5.69 Å². The number of aromatic nitrogens is 1. The summed E-state index contributed by atoms with van der Waals surface area (Å²) in [5.74, 6) is 0. The molecule has 1 aromatic heterocycles. The van der Waals surface area contributed by atoms with Crippen LogP contribution in [0.5, 0.6) is 0 Å². The van der Waals surface area contributed by atoms with Crippen molar-refractivity contribution >= 4 is 34.4 Å². The lowest BCUT2D eigenvalue weighted by Gasteiger charge is -1.99. The van der Waals surface area contributed by atoms with Crippen molar-refractivity contribution in [2.75, 3.05) is 0 Å². The van der Waals surface area contributed by atoms with Gasteiger partial charge in [0, 0.05) is 5.39 Å². The quantitative estimate of drug-likeness (QED) is 0.621. The number of para-hydroxylation sites is 2. The SMILES string of the molecule is Clc1ccccc1N=Cc1ccc2ccccc2n1. The van der Waals surface area contributed by atoms with Crippen LogP contribution in [-0.2, 0) is 0 Å². The van der Waals surface area contributed by atoms with E-state index < -0.39 is 0 Å². The van der Waals surface area contributed by atoms with Gasteiger partial charge in [-0.2, -0.15) is 0 Å². The van der Waals surface area contributed by atoms with E-state index in [9.17, 15) is 0 Å². The Morgan fingerprint density at radius 3 is 2.58 bits per heavy atom. The first-order valence-corrected chi connectivity index (χ1v) is 6.35. The third-order valence-electron chi connectivity index (χ3n) is 2.81. The van der Waals surface area contributed by atoms with E-state index in [4.69, 9.17) is 11.6 Å². The van der Waals surface area contributed by atoms with Gasteiger partial charge in [0.05, 0.1) is 28.1 Å². The highest BCUT2D eigenvalue weighted by atomic mass is 35.5. The molecule has 0 unspecified atom stereocenters. The van der Waals surface area contributed by atoms with Crippen molar-refractivity contribution in [1.82, 2.24) is 4.98 Å². The number of rotatable bonds is 2. The molecule has 0 saturated heterocycles. The van der Waals surface area contributed by atoms with Crippen molar-refractivity contribution in [3.8, 4) is 0 Å². The van der Waals surface area contributed by atoms with Crippen molar-refractivity contribution in [1.29, 1.82) is 0 Å². The summed E-state index contributed by atoms with van der Waals surface area (Å²) in [6, 6.07) is 19.5. The summed E-state index contributed by atoms with van der Waals surface area (Å²) in [5, 5.41) is 1.76. The van der Waals surface area contributed by atoms with Gasteiger partial charge in [-0.15, -0.1) is 0 Å². The molecular formula is C16H11ClN2. The van der Waals surface area contributed by atoms with E-state index in [1.165, 1.54) is 0 Å². The second kappa shape index (κ2) is 5.21. The minimum atomic E-state index is 0.638. The normalized spacial score (nSPS) is 11.2. The lowest BCUT2D eigenvalue weighted by atomic mass is 10.2. The van der Waals surface area contributed by atoms with Crippen molar-refractivity contribution in [2.45, 2.75) is 0 Å². The zero-order chi connectivity index (χ0) is 13.1. The number of nitrogens with zero attached hydrogens (tertiary/aromatic N) is 2. The second-order valence-electron chi connectivity index (χ2n) is 4.14. The molecule has 0 N–H and O–H groups in total. The molecule has 0 spiro atoms. The van der Waals surface area contributed by atoms with E-state index in [1.54, 1.807) is 6.21 Å². The monoisotopic (exact) mass is 266 g/mol. The lowest BCUT2D eigenvalue weighted by Crippen LogP contribution is -1.87. The van der Waals surface area contributed by atoms with Gasteiger partial charge in [0.1, 0.15) is 0 Å². The molecule has 1 heterocycles. The molecule has 2 aromatic carbocycles. The Morgan fingerprint density at radius 2 is 1.68 bits per heavy atom. The molecule has 3 rings (SSSR count). The maximum atomic E-state index is 6.05. The number of hydrogen-bond acceptors (Lipinski definition) is 2. The van der Waals surface area contributed by atoms with Crippen LogP contribution in [0.3, 0.4) is 0 Å². The Kier molecular flexibility index (Phi) is 3.25. The minimum absolute atomic E-state index is 0.638. The van der Waals surface area contributed by atoms with Crippen molar-refractivity contribution in [3.63, 3.8) is 0 Å². The predicted octanol–water partition coefficient (Wildman–Crippen LogP) is 4.64. The molecule has 92 valence electrons. The first-order valence-electron chi connectivity index (χ1n) is 5.97. The van der Waals surface area contributed by atoms with Gasteiger partial charge >= 0.3 is 0 Å². The molecule has 0 radical (unpaired) electrons. The predicted molar refractivity (Wildman–Crippen MR) is 80.4 cm³/mol. The first kappa shape index (κ1) is 11.9. The number of benzene rings is 2. The zero-order valence-corrected chi connectivity index (χ0v) is 10.9. The van der Waals surface area contributed by atoms with E-state index in [0.29, 0.717) is 5.02 Å². The maximum absolute atomic E-state index is 6.05. The summed E-state index contributed by atoms with van der Waals surface area (Å²) in [5.41, 5.74) is 2.53. The van der Waals surface area contributed by atoms with Crippen LogP contribution in [0.2, 0.25) is 5.02 Å². The van der Waals surface area contributed by atoms with Gasteiger partial charge in [-0.05, 0) is 24.3 Å². The van der Waals surface area contributed by atoms with Crippen molar-refractivity contribution in [3.05, 3.63) is 71.4 Å². The molecule has 3 heteroatoms. The lowest BCUT2D eigenvalue weighted by molar-refractivity contribution is 1.37. The Morgan fingerprint density at radius 1 is 0.895 bits per heavy atom. The van der Waals surface area contributed by atoms with Gasteiger partial charge in [-0.3, -0.25) is 4.99 Å². The summed E-state index contributed by atoms with van der Waals surface area (Å²) < 4.78 is 0. The van der Waals surface area contributed by atoms with Gasteiger partial charge in [-0.25, -0.2) is 4.98 Å². The van der Waals surface area contributed by atoms with Gasteiger partial charge < -0.3 is 0 Å². The maximum Gasteiger partial charge on any atom is 0.0820 e. The highest BCUT2D eigenvalue weighted by Gasteiger charge is 1.97.